The number of amides is 2. The molecule has 2 aliphatic heterocycles. The van der Waals surface area contributed by atoms with Gasteiger partial charge in [0.2, 0.25) is 11.8 Å². The average molecular weight is 519 g/mol. The van der Waals surface area contributed by atoms with Crippen LogP contribution in [0.15, 0.2) is 24.5 Å². The molecule has 2 saturated heterocycles. The highest BCUT2D eigenvalue weighted by molar-refractivity contribution is 5.95. The van der Waals surface area contributed by atoms with E-state index in [0.717, 1.165) is 62.6 Å². The molecule has 2 amide bonds. The van der Waals surface area contributed by atoms with Gasteiger partial charge in [-0.3, -0.25) is 9.36 Å². The lowest BCUT2D eigenvalue weighted by atomic mass is 10.1. The van der Waals surface area contributed by atoms with Crippen LogP contribution in [-0.4, -0.2) is 80.6 Å². The van der Waals surface area contributed by atoms with Crippen molar-refractivity contribution in [3.05, 3.63) is 35.7 Å². The first kappa shape index (κ1) is 24.6. The normalized spacial score (nSPS) is 21.2. The van der Waals surface area contributed by atoms with Gasteiger partial charge >= 0.3 is 6.09 Å². The number of fused-ring (bicyclic) bond motifs is 3. The molecule has 200 valence electrons. The predicted molar refractivity (Wildman–Crippen MR) is 143 cm³/mol. The van der Waals surface area contributed by atoms with Crippen LogP contribution in [0.3, 0.4) is 0 Å². The molecule has 3 aromatic rings. The molecule has 0 aromatic carbocycles. The number of piperazine rings is 1. The maximum Gasteiger partial charge on any atom is 0.415 e. The third kappa shape index (κ3) is 4.66. The molecule has 3 fully saturated rings. The van der Waals surface area contributed by atoms with Crippen molar-refractivity contribution in [3.63, 3.8) is 0 Å². The van der Waals surface area contributed by atoms with E-state index in [1.807, 2.05) is 28.5 Å². The summed E-state index contributed by atoms with van der Waals surface area (Å²) in [7, 11) is 3.32. The summed E-state index contributed by atoms with van der Waals surface area (Å²) >= 11 is 0. The summed E-state index contributed by atoms with van der Waals surface area (Å²) in [5.74, 6) is 1.48. The quantitative estimate of drug-likeness (QED) is 0.526. The number of carbonyl (C=O) groups excluding carboxylic acids is 2. The smallest absolute Gasteiger partial charge is 0.393 e. The van der Waals surface area contributed by atoms with Crippen molar-refractivity contribution in [2.24, 2.45) is 0 Å². The molecule has 38 heavy (non-hydrogen) atoms. The van der Waals surface area contributed by atoms with Crippen LogP contribution >= 0.6 is 0 Å². The van der Waals surface area contributed by atoms with Crippen LogP contribution in [0.25, 0.3) is 11.0 Å². The minimum Gasteiger partial charge on any atom is -0.393 e. The number of pyridine rings is 1. The lowest BCUT2D eigenvalue weighted by Crippen LogP contribution is -2.53. The van der Waals surface area contributed by atoms with Gasteiger partial charge in [-0.25, -0.2) is 14.8 Å². The molecule has 11 heteroatoms. The van der Waals surface area contributed by atoms with Crippen LogP contribution in [0.1, 0.15) is 60.5 Å². The number of ether oxygens (including phenoxy) is 1. The van der Waals surface area contributed by atoms with E-state index in [1.54, 1.807) is 26.5 Å². The Morgan fingerprint density at radius 3 is 2.47 bits per heavy atom. The van der Waals surface area contributed by atoms with Gasteiger partial charge in [0, 0.05) is 69.2 Å². The first-order chi connectivity index (χ1) is 18.4. The van der Waals surface area contributed by atoms with Gasteiger partial charge in [-0.1, -0.05) is 12.8 Å². The highest BCUT2D eigenvalue weighted by Crippen LogP contribution is 2.37. The van der Waals surface area contributed by atoms with Crippen molar-refractivity contribution >= 4 is 34.8 Å². The van der Waals surface area contributed by atoms with Gasteiger partial charge in [0.25, 0.3) is 5.91 Å². The average Bonchev–Trinajstić information content (AvgIpc) is 3.62. The van der Waals surface area contributed by atoms with Gasteiger partial charge in [0.15, 0.2) is 0 Å². The third-order valence-corrected chi connectivity index (χ3v) is 7.87. The zero-order chi connectivity index (χ0) is 26.4. The van der Waals surface area contributed by atoms with Gasteiger partial charge in [0.05, 0.1) is 5.56 Å². The van der Waals surface area contributed by atoms with Crippen LogP contribution in [0.5, 0.6) is 5.88 Å². The molecule has 2 N–H and O–H groups in total. The molecule has 5 heterocycles. The van der Waals surface area contributed by atoms with E-state index in [0.29, 0.717) is 40.9 Å². The number of nitrogens with zero attached hydrogens (tertiary/aromatic N) is 6. The monoisotopic (exact) mass is 518 g/mol. The number of aromatic nitrogens is 4. The number of hydrogen-bond acceptors (Lipinski definition) is 8. The zero-order valence-corrected chi connectivity index (χ0v) is 22.1. The van der Waals surface area contributed by atoms with E-state index < -0.39 is 6.09 Å². The standard InChI is InChI=1S/C27H34N8O3/c1-16-10-22(28-13-21(16)25(36)34-14-18-8-9-19(15-34)30-18)31-26-29-12-17-11-23(38-27(37)33(2)3)35(24(17)32-26)20-6-4-5-7-20/h10-13,18-20,30H,4-9,14-15H2,1-3H3,(H,28,29,31,32). The number of aryl methyl sites for hydroxylation is 1. The summed E-state index contributed by atoms with van der Waals surface area (Å²) in [6.45, 7) is 3.42. The van der Waals surface area contributed by atoms with E-state index in [9.17, 15) is 9.59 Å². The van der Waals surface area contributed by atoms with E-state index in [2.05, 4.69) is 20.6 Å². The summed E-state index contributed by atoms with van der Waals surface area (Å²) in [6.07, 6.45) is 9.47. The number of anilines is 2. The number of hydrogen-bond donors (Lipinski definition) is 2. The van der Waals surface area contributed by atoms with Crippen molar-refractivity contribution in [2.45, 2.75) is 63.6 Å². The highest BCUT2D eigenvalue weighted by Gasteiger charge is 2.35. The SMILES string of the molecule is Cc1cc(Nc2ncc3cc(OC(=O)N(C)C)n(C4CCCC4)c3n2)ncc1C(=O)N1CC2CCC(C1)N2. The van der Waals surface area contributed by atoms with Crippen LogP contribution in [0.2, 0.25) is 0 Å². The molecule has 0 spiro atoms. The summed E-state index contributed by atoms with van der Waals surface area (Å²) in [5, 5.41) is 7.57. The number of rotatable bonds is 5. The fraction of sp³-hybridized carbons (Fsp3) is 0.519. The van der Waals surface area contributed by atoms with Crippen LogP contribution in [0, 0.1) is 6.92 Å². The Morgan fingerprint density at radius 1 is 1.05 bits per heavy atom. The summed E-state index contributed by atoms with van der Waals surface area (Å²) in [5.41, 5.74) is 2.19. The van der Waals surface area contributed by atoms with Gasteiger partial charge in [-0.2, -0.15) is 4.98 Å². The predicted octanol–water partition coefficient (Wildman–Crippen LogP) is 3.63. The lowest BCUT2D eigenvalue weighted by molar-refractivity contribution is 0.0696. The first-order valence-corrected chi connectivity index (χ1v) is 13.4. The molecular formula is C27H34N8O3. The van der Waals surface area contributed by atoms with Gasteiger partial charge < -0.3 is 25.2 Å². The van der Waals surface area contributed by atoms with E-state index in [4.69, 9.17) is 9.72 Å². The minimum atomic E-state index is -0.429. The summed E-state index contributed by atoms with van der Waals surface area (Å²) in [6, 6.07) is 4.69. The Hall–Kier alpha value is -3.73. The molecule has 11 nitrogen and oxygen atoms in total. The van der Waals surface area contributed by atoms with Crippen LogP contribution in [-0.2, 0) is 0 Å². The number of likely N-dealkylation sites (tertiary alicyclic amines) is 1. The molecule has 2 bridgehead atoms. The fourth-order valence-electron chi connectivity index (χ4n) is 5.91. The van der Waals surface area contributed by atoms with Gasteiger partial charge in [-0.05, 0) is 44.2 Å². The first-order valence-electron chi connectivity index (χ1n) is 13.4. The zero-order valence-electron chi connectivity index (χ0n) is 22.1. The lowest BCUT2D eigenvalue weighted by Gasteiger charge is -2.33. The largest absolute Gasteiger partial charge is 0.415 e. The maximum absolute atomic E-state index is 13.2. The second-order valence-electron chi connectivity index (χ2n) is 10.9. The number of carbonyl (C=O) groups is 2. The van der Waals surface area contributed by atoms with Crippen molar-refractivity contribution in [1.82, 2.24) is 34.6 Å². The molecule has 2 unspecified atom stereocenters. The Kier molecular flexibility index (Phi) is 6.38. The molecular weight excluding hydrogens is 484 g/mol. The molecule has 1 aliphatic carbocycles. The molecule has 3 aromatic heterocycles. The topological polar surface area (TPSA) is 118 Å². The minimum absolute atomic E-state index is 0.0341. The Morgan fingerprint density at radius 2 is 1.79 bits per heavy atom. The maximum atomic E-state index is 13.2. The molecule has 3 aliphatic rings. The fourth-order valence-corrected chi connectivity index (χ4v) is 5.91. The van der Waals surface area contributed by atoms with Crippen LogP contribution < -0.4 is 15.4 Å². The van der Waals surface area contributed by atoms with Crippen molar-refractivity contribution < 1.29 is 14.3 Å². The van der Waals surface area contributed by atoms with Crippen LogP contribution in [0.4, 0.5) is 16.6 Å². The second-order valence-corrected chi connectivity index (χ2v) is 10.9. The van der Waals surface area contributed by atoms with Crippen molar-refractivity contribution in [2.75, 3.05) is 32.5 Å². The van der Waals surface area contributed by atoms with E-state index in [-0.39, 0.29) is 11.9 Å². The Labute approximate surface area is 221 Å². The third-order valence-electron chi connectivity index (χ3n) is 7.87. The number of nitrogens with one attached hydrogen (secondary N) is 2. The van der Waals surface area contributed by atoms with Crippen molar-refractivity contribution in [3.8, 4) is 5.88 Å². The van der Waals surface area contributed by atoms with Gasteiger partial charge in [-0.15, -0.1) is 0 Å². The Balaban J connectivity index is 1.24. The Bertz CT molecular complexity index is 1370. The van der Waals surface area contributed by atoms with Gasteiger partial charge in [0.1, 0.15) is 11.5 Å². The van der Waals surface area contributed by atoms with E-state index in [1.165, 1.54) is 4.90 Å². The van der Waals surface area contributed by atoms with Crippen molar-refractivity contribution in [1.29, 1.82) is 0 Å². The highest BCUT2D eigenvalue weighted by atomic mass is 16.6. The molecule has 0 radical (unpaired) electrons. The summed E-state index contributed by atoms with van der Waals surface area (Å²) in [4.78, 5) is 42.6. The second kappa shape index (κ2) is 9.86. The van der Waals surface area contributed by atoms with E-state index >= 15 is 0 Å². The summed E-state index contributed by atoms with van der Waals surface area (Å²) < 4.78 is 7.72. The molecule has 1 saturated carbocycles. The molecule has 2 atom stereocenters. The molecule has 6 rings (SSSR count).